The molecule has 0 spiro atoms. The fourth-order valence-corrected chi connectivity index (χ4v) is 1.93. The number of carbonyl (C=O) groups excluding carboxylic acids is 1. The molecule has 0 aliphatic heterocycles. The second-order valence-corrected chi connectivity index (χ2v) is 4.49. The molecule has 0 unspecified atom stereocenters. The Morgan fingerprint density at radius 1 is 1.14 bits per heavy atom. The van der Waals surface area contributed by atoms with E-state index in [4.69, 9.17) is 16.7 Å². The lowest BCUT2D eigenvalue weighted by molar-refractivity contribution is 0.0693. The lowest BCUT2D eigenvalue weighted by atomic mass is 10.1. The molecule has 0 saturated carbocycles. The summed E-state index contributed by atoms with van der Waals surface area (Å²) in [6.45, 7) is 0. The fourth-order valence-electron chi connectivity index (χ4n) is 1.68. The summed E-state index contributed by atoms with van der Waals surface area (Å²) in [6.07, 6.45) is 0. The number of aromatic carboxylic acids is 1. The second kappa shape index (κ2) is 5.80. The summed E-state index contributed by atoms with van der Waals surface area (Å²) in [5.74, 6) is -3.19. The highest BCUT2D eigenvalue weighted by Gasteiger charge is 2.17. The number of phenols is 1. The number of aromatic hydroxyl groups is 1. The van der Waals surface area contributed by atoms with Gasteiger partial charge in [-0.2, -0.15) is 0 Å². The number of para-hydroxylation sites is 1. The van der Waals surface area contributed by atoms with E-state index in [9.17, 15) is 19.1 Å². The molecule has 2 aromatic carbocycles. The largest absolute Gasteiger partial charge is 0.505 e. The predicted molar refractivity (Wildman–Crippen MR) is 74.4 cm³/mol. The van der Waals surface area contributed by atoms with Gasteiger partial charge in [0.15, 0.2) is 5.75 Å². The van der Waals surface area contributed by atoms with Crippen LogP contribution >= 0.6 is 11.6 Å². The van der Waals surface area contributed by atoms with Gasteiger partial charge in [0.1, 0.15) is 11.4 Å². The zero-order valence-corrected chi connectivity index (χ0v) is 11.2. The van der Waals surface area contributed by atoms with Crippen LogP contribution in [0.4, 0.5) is 10.1 Å². The van der Waals surface area contributed by atoms with Gasteiger partial charge in [0, 0.05) is 0 Å². The molecule has 0 aliphatic carbocycles. The minimum Gasteiger partial charge on any atom is -0.505 e. The summed E-state index contributed by atoms with van der Waals surface area (Å²) in [7, 11) is 0. The Morgan fingerprint density at radius 3 is 2.48 bits per heavy atom. The van der Waals surface area contributed by atoms with Crippen LogP contribution in [-0.4, -0.2) is 22.1 Å². The van der Waals surface area contributed by atoms with Gasteiger partial charge in [0.2, 0.25) is 0 Å². The standard InChI is InChI=1S/C14H9ClFNO4/c15-10-6-7(16)4-5-8(10)13(19)17-11-3-1-2-9(12(11)18)14(20)21/h1-6,18H,(H,17,19)(H,20,21). The molecule has 0 heterocycles. The average Bonchev–Trinajstić information content (AvgIpc) is 2.40. The first kappa shape index (κ1) is 14.8. The number of rotatable bonds is 3. The minimum absolute atomic E-state index is 0.00167. The van der Waals surface area contributed by atoms with Crippen molar-refractivity contribution in [2.75, 3.05) is 5.32 Å². The lowest BCUT2D eigenvalue weighted by Crippen LogP contribution is -2.13. The SMILES string of the molecule is O=C(Nc1cccc(C(=O)O)c1O)c1ccc(F)cc1Cl. The first-order chi connectivity index (χ1) is 9.90. The number of amides is 1. The molecule has 0 aromatic heterocycles. The van der Waals surface area contributed by atoms with Gasteiger partial charge in [-0.1, -0.05) is 17.7 Å². The molecule has 108 valence electrons. The molecule has 7 heteroatoms. The summed E-state index contributed by atoms with van der Waals surface area (Å²) in [6, 6.07) is 7.11. The van der Waals surface area contributed by atoms with Gasteiger partial charge in [-0.05, 0) is 30.3 Å². The van der Waals surface area contributed by atoms with Crippen LogP contribution in [-0.2, 0) is 0 Å². The third kappa shape index (κ3) is 3.11. The van der Waals surface area contributed by atoms with E-state index in [1.807, 2.05) is 0 Å². The van der Waals surface area contributed by atoms with Crippen molar-refractivity contribution < 1.29 is 24.2 Å². The molecule has 0 aliphatic rings. The van der Waals surface area contributed by atoms with E-state index in [0.29, 0.717) is 0 Å². The van der Waals surface area contributed by atoms with Gasteiger partial charge in [-0.25, -0.2) is 9.18 Å². The molecule has 0 radical (unpaired) electrons. The smallest absolute Gasteiger partial charge is 0.339 e. The van der Waals surface area contributed by atoms with Crippen LogP contribution in [0.2, 0.25) is 5.02 Å². The van der Waals surface area contributed by atoms with Crippen molar-refractivity contribution in [3.8, 4) is 5.75 Å². The summed E-state index contributed by atoms with van der Waals surface area (Å²) in [5, 5.41) is 20.9. The Bertz CT molecular complexity index is 733. The van der Waals surface area contributed by atoms with Crippen LogP contribution in [0.1, 0.15) is 20.7 Å². The van der Waals surface area contributed by atoms with Crippen LogP contribution < -0.4 is 5.32 Å². The van der Waals surface area contributed by atoms with Crippen LogP contribution in [0.5, 0.6) is 5.75 Å². The number of carboxylic acid groups (broad SMARTS) is 1. The molecule has 0 atom stereocenters. The maximum Gasteiger partial charge on any atom is 0.339 e. The summed E-state index contributed by atoms with van der Waals surface area (Å²) < 4.78 is 12.9. The van der Waals surface area contributed by atoms with Gasteiger partial charge >= 0.3 is 5.97 Å². The van der Waals surface area contributed by atoms with Crippen molar-refractivity contribution in [2.24, 2.45) is 0 Å². The summed E-state index contributed by atoms with van der Waals surface area (Å²) in [5.41, 5.74) is -0.434. The summed E-state index contributed by atoms with van der Waals surface area (Å²) >= 11 is 5.75. The van der Waals surface area contributed by atoms with Gasteiger partial charge < -0.3 is 15.5 Å². The highest BCUT2D eigenvalue weighted by atomic mass is 35.5. The number of nitrogens with one attached hydrogen (secondary N) is 1. The number of halogens is 2. The average molecular weight is 310 g/mol. The number of anilines is 1. The Hall–Kier alpha value is -2.60. The zero-order valence-electron chi connectivity index (χ0n) is 10.4. The van der Waals surface area contributed by atoms with E-state index in [1.165, 1.54) is 24.3 Å². The molecule has 21 heavy (non-hydrogen) atoms. The summed E-state index contributed by atoms with van der Waals surface area (Å²) in [4.78, 5) is 22.9. The number of hydrogen-bond donors (Lipinski definition) is 3. The first-order valence-electron chi connectivity index (χ1n) is 5.72. The van der Waals surface area contributed by atoms with E-state index >= 15 is 0 Å². The molecule has 1 amide bonds. The van der Waals surface area contributed by atoms with E-state index in [0.717, 1.165) is 12.1 Å². The molecule has 2 rings (SSSR count). The Kier molecular flexibility index (Phi) is 4.09. The lowest BCUT2D eigenvalue weighted by Gasteiger charge is -2.10. The topological polar surface area (TPSA) is 86.6 Å². The van der Waals surface area contributed by atoms with Crippen LogP contribution in [0.3, 0.4) is 0 Å². The number of hydrogen-bond acceptors (Lipinski definition) is 3. The molecular weight excluding hydrogens is 301 g/mol. The van der Waals surface area contributed by atoms with Gasteiger partial charge in [0.05, 0.1) is 16.3 Å². The number of carbonyl (C=O) groups is 2. The highest BCUT2D eigenvalue weighted by molar-refractivity contribution is 6.34. The van der Waals surface area contributed by atoms with Crippen LogP contribution in [0.25, 0.3) is 0 Å². The molecule has 0 saturated heterocycles. The van der Waals surface area contributed by atoms with E-state index in [2.05, 4.69) is 5.32 Å². The Labute approximate surface area is 123 Å². The van der Waals surface area contributed by atoms with Crippen molar-refractivity contribution in [3.63, 3.8) is 0 Å². The monoisotopic (exact) mass is 309 g/mol. The quantitative estimate of drug-likeness (QED) is 0.760. The van der Waals surface area contributed by atoms with E-state index < -0.39 is 23.4 Å². The van der Waals surface area contributed by atoms with Crippen molar-refractivity contribution >= 4 is 29.2 Å². The third-order valence-corrected chi connectivity index (χ3v) is 3.00. The van der Waals surface area contributed by atoms with Crippen molar-refractivity contribution in [2.45, 2.75) is 0 Å². The van der Waals surface area contributed by atoms with Crippen molar-refractivity contribution in [1.82, 2.24) is 0 Å². The van der Waals surface area contributed by atoms with E-state index in [-0.39, 0.29) is 21.8 Å². The number of carboxylic acids is 1. The van der Waals surface area contributed by atoms with Crippen LogP contribution in [0.15, 0.2) is 36.4 Å². The molecule has 5 nitrogen and oxygen atoms in total. The normalized spacial score (nSPS) is 10.2. The van der Waals surface area contributed by atoms with Gasteiger partial charge in [-0.3, -0.25) is 4.79 Å². The third-order valence-electron chi connectivity index (χ3n) is 2.69. The molecule has 0 fully saturated rings. The van der Waals surface area contributed by atoms with Crippen molar-refractivity contribution in [1.29, 1.82) is 0 Å². The fraction of sp³-hybridized carbons (Fsp3) is 0. The maximum absolute atomic E-state index is 12.9. The van der Waals surface area contributed by atoms with Crippen molar-refractivity contribution in [3.05, 3.63) is 58.4 Å². The molecular formula is C14H9ClFNO4. The van der Waals surface area contributed by atoms with Crippen LogP contribution in [0, 0.1) is 5.82 Å². The molecule has 3 N–H and O–H groups in total. The maximum atomic E-state index is 12.9. The molecule has 0 bridgehead atoms. The Morgan fingerprint density at radius 2 is 1.86 bits per heavy atom. The molecule has 2 aromatic rings. The first-order valence-corrected chi connectivity index (χ1v) is 6.09. The van der Waals surface area contributed by atoms with Gasteiger partial charge in [0.25, 0.3) is 5.91 Å². The van der Waals surface area contributed by atoms with Gasteiger partial charge in [-0.15, -0.1) is 0 Å². The highest BCUT2D eigenvalue weighted by Crippen LogP contribution is 2.28. The zero-order chi connectivity index (χ0) is 15.6. The predicted octanol–water partition coefficient (Wildman–Crippen LogP) is 3.14. The number of benzene rings is 2. The Balaban J connectivity index is 2.32. The second-order valence-electron chi connectivity index (χ2n) is 4.09. The minimum atomic E-state index is -1.33. The van der Waals surface area contributed by atoms with E-state index in [1.54, 1.807) is 0 Å².